The van der Waals surface area contributed by atoms with Gasteiger partial charge < -0.3 is 10.6 Å². The zero-order chi connectivity index (χ0) is 11.8. The fraction of sp³-hybridized carbons (Fsp3) is 0.769. The SMILES string of the molecule is CC(C)Cc1cc2n(n1)C1CCNCC1CN2. The summed E-state index contributed by atoms with van der Waals surface area (Å²) < 4.78 is 2.24. The lowest BCUT2D eigenvalue weighted by atomic mass is 9.92. The molecule has 4 nitrogen and oxygen atoms in total. The first-order valence-electron chi connectivity index (χ1n) is 6.77. The normalized spacial score (nSPS) is 27.5. The number of nitrogens with zero attached hydrogens (tertiary/aromatic N) is 2. The highest BCUT2D eigenvalue weighted by Crippen LogP contribution is 2.32. The van der Waals surface area contributed by atoms with Crippen LogP contribution in [0.5, 0.6) is 0 Å². The highest BCUT2D eigenvalue weighted by Gasteiger charge is 2.32. The summed E-state index contributed by atoms with van der Waals surface area (Å²) in [6.45, 7) is 7.83. The van der Waals surface area contributed by atoms with Crippen LogP contribution in [0.25, 0.3) is 0 Å². The molecule has 3 rings (SSSR count). The van der Waals surface area contributed by atoms with Gasteiger partial charge in [0.25, 0.3) is 0 Å². The van der Waals surface area contributed by atoms with Crippen LogP contribution in [0.4, 0.5) is 5.82 Å². The number of piperidine rings is 1. The van der Waals surface area contributed by atoms with E-state index in [1.807, 2.05) is 0 Å². The van der Waals surface area contributed by atoms with E-state index in [4.69, 9.17) is 5.10 Å². The molecule has 2 atom stereocenters. The zero-order valence-corrected chi connectivity index (χ0v) is 10.7. The average molecular weight is 234 g/mol. The fourth-order valence-electron chi connectivity index (χ4n) is 3.02. The van der Waals surface area contributed by atoms with Crippen LogP contribution in [0, 0.1) is 11.8 Å². The molecule has 1 saturated heterocycles. The predicted octanol–water partition coefficient (Wildman–Crippen LogP) is 1.66. The minimum absolute atomic E-state index is 0.605. The number of hydrogen-bond acceptors (Lipinski definition) is 3. The Hall–Kier alpha value is -1.03. The van der Waals surface area contributed by atoms with E-state index in [0.29, 0.717) is 17.9 Å². The summed E-state index contributed by atoms with van der Waals surface area (Å²) in [7, 11) is 0. The minimum atomic E-state index is 0.605. The van der Waals surface area contributed by atoms with Crippen LogP contribution in [0.3, 0.4) is 0 Å². The Labute approximate surface area is 103 Å². The predicted molar refractivity (Wildman–Crippen MR) is 69.3 cm³/mol. The Morgan fingerprint density at radius 2 is 2.35 bits per heavy atom. The Morgan fingerprint density at radius 3 is 3.18 bits per heavy atom. The summed E-state index contributed by atoms with van der Waals surface area (Å²) >= 11 is 0. The summed E-state index contributed by atoms with van der Waals surface area (Å²) in [4.78, 5) is 0. The minimum Gasteiger partial charge on any atom is -0.370 e. The van der Waals surface area contributed by atoms with Crippen molar-refractivity contribution in [3.05, 3.63) is 11.8 Å². The first kappa shape index (κ1) is 11.1. The molecule has 0 aliphatic carbocycles. The van der Waals surface area contributed by atoms with Crippen LogP contribution in [-0.2, 0) is 6.42 Å². The van der Waals surface area contributed by atoms with Crippen LogP contribution in [0.2, 0.25) is 0 Å². The number of fused-ring (bicyclic) bond motifs is 3. The van der Waals surface area contributed by atoms with Crippen LogP contribution in [0.15, 0.2) is 6.07 Å². The maximum Gasteiger partial charge on any atom is 0.124 e. The van der Waals surface area contributed by atoms with E-state index >= 15 is 0 Å². The van der Waals surface area contributed by atoms with Crippen LogP contribution < -0.4 is 10.6 Å². The second kappa shape index (κ2) is 4.33. The molecule has 2 aliphatic heterocycles. The van der Waals surface area contributed by atoms with Crippen LogP contribution in [-0.4, -0.2) is 29.4 Å². The van der Waals surface area contributed by atoms with Gasteiger partial charge in [-0.1, -0.05) is 13.8 Å². The molecule has 0 spiro atoms. The van der Waals surface area contributed by atoms with Crippen molar-refractivity contribution >= 4 is 5.82 Å². The Kier molecular flexibility index (Phi) is 2.82. The van der Waals surface area contributed by atoms with Gasteiger partial charge in [-0.3, -0.25) is 0 Å². The number of hydrogen-bond donors (Lipinski definition) is 2. The van der Waals surface area contributed by atoms with Crippen molar-refractivity contribution in [2.75, 3.05) is 25.0 Å². The molecule has 4 heteroatoms. The molecule has 94 valence electrons. The molecular weight excluding hydrogens is 212 g/mol. The average Bonchev–Trinajstić information content (AvgIpc) is 2.70. The van der Waals surface area contributed by atoms with Crippen molar-refractivity contribution in [3.63, 3.8) is 0 Å². The van der Waals surface area contributed by atoms with Gasteiger partial charge in [0, 0.05) is 25.1 Å². The number of nitrogens with one attached hydrogen (secondary N) is 2. The van der Waals surface area contributed by atoms with Crippen molar-refractivity contribution in [1.82, 2.24) is 15.1 Å². The van der Waals surface area contributed by atoms with Crippen molar-refractivity contribution < 1.29 is 0 Å². The Bertz CT molecular complexity index is 396. The first-order chi connectivity index (χ1) is 8.24. The Morgan fingerprint density at radius 1 is 1.47 bits per heavy atom. The lowest BCUT2D eigenvalue weighted by Crippen LogP contribution is -2.44. The lowest BCUT2D eigenvalue weighted by molar-refractivity contribution is 0.236. The number of anilines is 1. The molecular formula is C13H22N4. The van der Waals surface area contributed by atoms with Crippen molar-refractivity contribution in [3.8, 4) is 0 Å². The summed E-state index contributed by atoms with van der Waals surface area (Å²) in [6.07, 6.45) is 2.29. The molecule has 2 aliphatic rings. The molecule has 0 bridgehead atoms. The van der Waals surface area contributed by atoms with E-state index in [0.717, 1.165) is 26.1 Å². The van der Waals surface area contributed by atoms with E-state index in [1.54, 1.807) is 0 Å². The third-order valence-corrected chi connectivity index (χ3v) is 3.83. The molecule has 2 N–H and O–H groups in total. The molecule has 0 saturated carbocycles. The van der Waals surface area contributed by atoms with Crippen molar-refractivity contribution in [2.24, 2.45) is 11.8 Å². The van der Waals surface area contributed by atoms with E-state index in [2.05, 4.69) is 35.2 Å². The van der Waals surface area contributed by atoms with Gasteiger partial charge in [0.2, 0.25) is 0 Å². The number of aromatic nitrogens is 2. The van der Waals surface area contributed by atoms with E-state index in [1.165, 1.54) is 17.9 Å². The smallest absolute Gasteiger partial charge is 0.124 e. The Balaban J connectivity index is 1.86. The fourth-order valence-corrected chi connectivity index (χ4v) is 3.02. The van der Waals surface area contributed by atoms with Crippen LogP contribution in [0.1, 0.15) is 32.0 Å². The third-order valence-electron chi connectivity index (χ3n) is 3.83. The molecule has 0 radical (unpaired) electrons. The largest absolute Gasteiger partial charge is 0.370 e. The second-order valence-electron chi connectivity index (χ2n) is 5.76. The molecule has 1 aromatic rings. The van der Waals surface area contributed by atoms with E-state index < -0.39 is 0 Å². The highest BCUT2D eigenvalue weighted by atomic mass is 15.4. The molecule has 17 heavy (non-hydrogen) atoms. The van der Waals surface area contributed by atoms with Gasteiger partial charge >= 0.3 is 0 Å². The maximum atomic E-state index is 4.80. The molecule has 1 fully saturated rings. The molecule has 0 aromatic carbocycles. The van der Waals surface area contributed by atoms with Crippen LogP contribution >= 0.6 is 0 Å². The van der Waals surface area contributed by atoms with Gasteiger partial charge in [0.15, 0.2) is 0 Å². The summed E-state index contributed by atoms with van der Waals surface area (Å²) in [5.74, 6) is 2.60. The third kappa shape index (κ3) is 2.06. The standard InChI is InChI=1S/C13H22N4/c1-9(2)5-11-6-13-15-8-10-7-14-4-3-12(10)17(13)16-11/h6,9-10,12,14-15H,3-5,7-8H2,1-2H3. The summed E-state index contributed by atoms with van der Waals surface area (Å²) in [5, 5.41) is 11.8. The zero-order valence-electron chi connectivity index (χ0n) is 10.7. The molecule has 3 heterocycles. The van der Waals surface area contributed by atoms with Gasteiger partial charge in [-0.15, -0.1) is 0 Å². The topological polar surface area (TPSA) is 41.9 Å². The summed E-state index contributed by atoms with van der Waals surface area (Å²) in [6, 6.07) is 2.84. The lowest BCUT2D eigenvalue weighted by Gasteiger charge is -2.37. The summed E-state index contributed by atoms with van der Waals surface area (Å²) in [5.41, 5.74) is 1.24. The van der Waals surface area contributed by atoms with E-state index in [-0.39, 0.29) is 0 Å². The second-order valence-corrected chi connectivity index (χ2v) is 5.76. The van der Waals surface area contributed by atoms with Gasteiger partial charge in [-0.05, 0) is 25.3 Å². The molecule has 1 aromatic heterocycles. The molecule has 2 unspecified atom stereocenters. The van der Waals surface area contributed by atoms with E-state index in [9.17, 15) is 0 Å². The van der Waals surface area contributed by atoms with Crippen molar-refractivity contribution in [2.45, 2.75) is 32.7 Å². The van der Waals surface area contributed by atoms with Gasteiger partial charge in [-0.2, -0.15) is 5.10 Å². The monoisotopic (exact) mass is 234 g/mol. The highest BCUT2D eigenvalue weighted by molar-refractivity contribution is 5.40. The number of rotatable bonds is 2. The van der Waals surface area contributed by atoms with Gasteiger partial charge in [0.05, 0.1) is 11.7 Å². The van der Waals surface area contributed by atoms with Crippen molar-refractivity contribution in [1.29, 1.82) is 0 Å². The first-order valence-corrected chi connectivity index (χ1v) is 6.77. The quantitative estimate of drug-likeness (QED) is 0.817. The maximum absolute atomic E-state index is 4.80. The van der Waals surface area contributed by atoms with Gasteiger partial charge in [0.1, 0.15) is 5.82 Å². The molecule has 0 amide bonds. The van der Waals surface area contributed by atoms with Gasteiger partial charge in [-0.25, -0.2) is 4.68 Å².